The van der Waals surface area contributed by atoms with E-state index in [1.807, 2.05) is 67.7 Å². The zero-order valence-electron chi connectivity index (χ0n) is 15.1. The summed E-state index contributed by atoms with van der Waals surface area (Å²) >= 11 is 0. The minimum atomic E-state index is -0.0159. The van der Waals surface area contributed by atoms with Crippen LogP contribution in [-0.2, 0) is 11.2 Å². The normalized spacial score (nSPS) is 10.7. The number of fused-ring (bicyclic) bond motifs is 1. The lowest BCUT2D eigenvalue weighted by Crippen LogP contribution is -2.14. The Bertz CT molecular complexity index is 1100. The van der Waals surface area contributed by atoms with E-state index in [0.29, 0.717) is 6.42 Å². The van der Waals surface area contributed by atoms with E-state index >= 15 is 0 Å². The molecule has 0 atom stereocenters. The van der Waals surface area contributed by atoms with E-state index in [2.05, 4.69) is 34.6 Å². The molecule has 4 aromatic rings. The number of anilines is 1. The van der Waals surface area contributed by atoms with Crippen LogP contribution >= 0.6 is 0 Å². The number of hydrogen-bond donors (Lipinski definition) is 1. The van der Waals surface area contributed by atoms with E-state index in [4.69, 9.17) is 0 Å². The number of carbonyl (C=O) groups is 1. The number of aryl methyl sites for hydroxylation is 1. The van der Waals surface area contributed by atoms with Crippen molar-refractivity contribution in [3.05, 3.63) is 96.3 Å². The smallest absolute Gasteiger partial charge is 0.228 e. The molecule has 0 bridgehead atoms. The van der Waals surface area contributed by atoms with Crippen LogP contribution in [0.2, 0.25) is 0 Å². The minimum Gasteiger partial charge on any atom is -0.326 e. The molecule has 1 aromatic heterocycles. The van der Waals surface area contributed by atoms with E-state index < -0.39 is 0 Å². The predicted molar refractivity (Wildman–Crippen MR) is 111 cm³/mol. The molecule has 0 aliphatic heterocycles. The number of aromatic nitrogens is 1. The van der Waals surface area contributed by atoms with Gasteiger partial charge in [0.1, 0.15) is 0 Å². The zero-order valence-corrected chi connectivity index (χ0v) is 15.1. The molecule has 0 saturated heterocycles. The van der Waals surface area contributed by atoms with Crippen LogP contribution in [-0.4, -0.2) is 10.9 Å². The molecule has 3 nitrogen and oxygen atoms in total. The SMILES string of the molecule is Cc1cc(-c2ccc(NC(=O)Cc3ccc4ccccc4c3)cc2)ccn1. The van der Waals surface area contributed by atoms with E-state index in [9.17, 15) is 4.79 Å². The Labute approximate surface area is 158 Å². The molecular formula is C24H20N2O. The van der Waals surface area contributed by atoms with Gasteiger partial charge in [-0.05, 0) is 58.7 Å². The summed E-state index contributed by atoms with van der Waals surface area (Å²) < 4.78 is 0. The first-order valence-corrected chi connectivity index (χ1v) is 8.98. The maximum absolute atomic E-state index is 12.4. The highest BCUT2D eigenvalue weighted by atomic mass is 16.1. The van der Waals surface area contributed by atoms with Crippen LogP contribution in [0.4, 0.5) is 5.69 Å². The van der Waals surface area contributed by atoms with Crippen molar-refractivity contribution in [2.24, 2.45) is 0 Å². The van der Waals surface area contributed by atoms with Gasteiger partial charge in [-0.25, -0.2) is 0 Å². The quantitative estimate of drug-likeness (QED) is 0.535. The third-order valence-corrected chi connectivity index (χ3v) is 4.58. The second-order valence-corrected chi connectivity index (χ2v) is 6.67. The summed E-state index contributed by atoms with van der Waals surface area (Å²) in [5, 5.41) is 5.31. The van der Waals surface area contributed by atoms with Crippen LogP contribution < -0.4 is 5.32 Å². The van der Waals surface area contributed by atoms with Crippen LogP contribution in [0.1, 0.15) is 11.3 Å². The van der Waals surface area contributed by atoms with Crippen molar-refractivity contribution in [2.75, 3.05) is 5.32 Å². The largest absolute Gasteiger partial charge is 0.326 e. The minimum absolute atomic E-state index is 0.0159. The van der Waals surface area contributed by atoms with Crippen LogP contribution in [0.3, 0.4) is 0 Å². The van der Waals surface area contributed by atoms with Gasteiger partial charge in [0.15, 0.2) is 0 Å². The summed E-state index contributed by atoms with van der Waals surface area (Å²) in [6.07, 6.45) is 2.17. The first kappa shape index (κ1) is 17.0. The lowest BCUT2D eigenvalue weighted by atomic mass is 10.0. The number of nitrogens with one attached hydrogen (secondary N) is 1. The highest BCUT2D eigenvalue weighted by Crippen LogP contribution is 2.22. The fourth-order valence-electron chi connectivity index (χ4n) is 3.21. The Hall–Kier alpha value is -3.46. The van der Waals surface area contributed by atoms with Crippen molar-refractivity contribution < 1.29 is 4.79 Å². The lowest BCUT2D eigenvalue weighted by Gasteiger charge is -2.08. The van der Waals surface area contributed by atoms with Crippen molar-refractivity contribution in [3.8, 4) is 11.1 Å². The second kappa shape index (κ2) is 7.42. The molecule has 0 aliphatic rings. The van der Waals surface area contributed by atoms with Gasteiger partial charge in [-0.1, -0.05) is 54.6 Å². The van der Waals surface area contributed by atoms with Crippen molar-refractivity contribution in [3.63, 3.8) is 0 Å². The van der Waals surface area contributed by atoms with Gasteiger partial charge in [0.05, 0.1) is 6.42 Å². The van der Waals surface area contributed by atoms with E-state index in [0.717, 1.165) is 33.5 Å². The summed E-state index contributed by atoms with van der Waals surface area (Å²) in [5.41, 5.74) is 5.02. The van der Waals surface area contributed by atoms with Gasteiger partial charge in [-0.3, -0.25) is 9.78 Å². The van der Waals surface area contributed by atoms with Gasteiger partial charge in [-0.15, -0.1) is 0 Å². The molecule has 132 valence electrons. The Morgan fingerprint density at radius 3 is 2.41 bits per heavy atom. The molecule has 0 unspecified atom stereocenters. The first-order valence-electron chi connectivity index (χ1n) is 8.98. The fourth-order valence-corrected chi connectivity index (χ4v) is 3.21. The lowest BCUT2D eigenvalue weighted by molar-refractivity contribution is -0.115. The Kier molecular flexibility index (Phi) is 4.67. The Balaban J connectivity index is 1.44. The maximum atomic E-state index is 12.4. The number of rotatable bonds is 4. The zero-order chi connectivity index (χ0) is 18.6. The van der Waals surface area contributed by atoms with Crippen LogP contribution in [0.25, 0.3) is 21.9 Å². The first-order chi connectivity index (χ1) is 13.2. The molecule has 1 heterocycles. The number of amides is 1. The second-order valence-electron chi connectivity index (χ2n) is 6.67. The van der Waals surface area contributed by atoms with Gasteiger partial charge < -0.3 is 5.32 Å². The maximum Gasteiger partial charge on any atom is 0.228 e. The van der Waals surface area contributed by atoms with Gasteiger partial charge in [0, 0.05) is 17.6 Å². The molecule has 0 fully saturated rings. The average Bonchev–Trinajstić information content (AvgIpc) is 2.68. The van der Waals surface area contributed by atoms with E-state index in [-0.39, 0.29) is 5.91 Å². The van der Waals surface area contributed by atoms with Gasteiger partial charge in [0.25, 0.3) is 0 Å². The molecule has 0 radical (unpaired) electrons. The highest BCUT2D eigenvalue weighted by Gasteiger charge is 2.06. The summed E-state index contributed by atoms with van der Waals surface area (Å²) in [7, 11) is 0. The van der Waals surface area contributed by atoms with Crippen molar-refractivity contribution in [1.29, 1.82) is 0 Å². The van der Waals surface area contributed by atoms with Gasteiger partial charge in [-0.2, -0.15) is 0 Å². The summed E-state index contributed by atoms with van der Waals surface area (Å²) in [4.78, 5) is 16.6. The van der Waals surface area contributed by atoms with Crippen LogP contribution in [0.15, 0.2) is 85.1 Å². The van der Waals surface area contributed by atoms with Crippen molar-refractivity contribution >= 4 is 22.4 Å². The van der Waals surface area contributed by atoms with Crippen LogP contribution in [0.5, 0.6) is 0 Å². The molecule has 1 amide bonds. The molecule has 3 aromatic carbocycles. The number of pyridine rings is 1. The predicted octanol–water partition coefficient (Wildman–Crippen LogP) is 5.39. The van der Waals surface area contributed by atoms with Crippen molar-refractivity contribution in [2.45, 2.75) is 13.3 Å². The topological polar surface area (TPSA) is 42.0 Å². The van der Waals surface area contributed by atoms with Gasteiger partial charge >= 0.3 is 0 Å². The molecule has 0 aliphatic carbocycles. The third kappa shape index (κ3) is 4.04. The molecule has 27 heavy (non-hydrogen) atoms. The summed E-state index contributed by atoms with van der Waals surface area (Å²) in [5.74, 6) is -0.0159. The van der Waals surface area contributed by atoms with Crippen molar-refractivity contribution in [1.82, 2.24) is 4.98 Å². The summed E-state index contributed by atoms with van der Waals surface area (Å²) in [6, 6.07) is 26.2. The van der Waals surface area contributed by atoms with E-state index in [1.54, 1.807) is 0 Å². The fraction of sp³-hybridized carbons (Fsp3) is 0.0833. The molecule has 1 N–H and O–H groups in total. The highest BCUT2D eigenvalue weighted by molar-refractivity contribution is 5.93. The van der Waals surface area contributed by atoms with E-state index in [1.165, 1.54) is 5.39 Å². The third-order valence-electron chi connectivity index (χ3n) is 4.58. The summed E-state index contributed by atoms with van der Waals surface area (Å²) in [6.45, 7) is 1.98. The van der Waals surface area contributed by atoms with Gasteiger partial charge in [0.2, 0.25) is 5.91 Å². The molecule has 3 heteroatoms. The Morgan fingerprint density at radius 2 is 1.63 bits per heavy atom. The molecular weight excluding hydrogens is 332 g/mol. The number of nitrogens with zero attached hydrogens (tertiary/aromatic N) is 1. The number of hydrogen-bond acceptors (Lipinski definition) is 2. The Morgan fingerprint density at radius 1 is 0.852 bits per heavy atom. The number of carbonyl (C=O) groups excluding carboxylic acids is 1. The standard InChI is InChI=1S/C24H20N2O/c1-17-14-22(12-13-25-17)20-8-10-23(11-9-20)26-24(27)16-18-6-7-19-4-2-3-5-21(19)15-18/h2-15H,16H2,1H3,(H,26,27). The van der Waals surface area contributed by atoms with Crippen LogP contribution in [0, 0.1) is 6.92 Å². The average molecular weight is 352 g/mol. The number of benzene rings is 3. The molecule has 0 saturated carbocycles. The molecule has 0 spiro atoms. The molecule has 4 rings (SSSR count). The monoisotopic (exact) mass is 352 g/mol.